The maximum Gasteiger partial charge on any atom is 0.223 e. The molecule has 0 aromatic heterocycles. The normalized spacial score (nSPS) is 11.5. The fourth-order valence-corrected chi connectivity index (χ4v) is 3.79. The third-order valence-electron chi connectivity index (χ3n) is 5.70. The molecule has 0 spiro atoms. The van der Waals surface area contributed by atoms with Gasteiger partial charge < -0.3 is 10.2 Å². The Bertz CT molecular complexity index is 958. The van der Waals surface area contributed by atoms with Gasteiger partial charge in [-0.05, 0) is 36.5 Å². The lowest BCUT2D eigenvalue weighted by Gasteiger charge is -2.30. The van der Waals surface area contributed by atoms with Gasteiger partial charge in [0.2, 0.25) is 11.8 Å². The van der Waals surface area contributed by atoms with Crippen LogP contribution in [0.1, 0.15) is 42.5 Å². The highest BCUT2D eigenvalue weighted by Gasteiger charge is 2.22. The molecule has 0 aliphatic rings. The van der Waals surface area contributed by atoms with Gasteiger partial charge in [-0.25, -0.2) is 0 Å². The molecule has 0 bridgehead atoms. The quantitative estimate of drug-likeness (QED) is 0.469. The highest BCUT2D eigenvalue weighted by atomic mass is 16.2. The van der Waals surface area contributed by atoms with Gasteiger partial charge in [-0.2, -0.15) is 0 Å². The molecule has 3 rings (SSSR count). The van der Waals surface area contributed by atoms with Crippen molar-refractivity contribution in [1.82, 2.24) is 10.2 Å². The van der Waals surface area contributed by atoms with E-state index in [2.05, 4.69) is 17.4 Å². The van der Waals surface area contributed by atoms with E-state index in [1.807, 2.05) is 90.7 Å². The highest BCUT2D eigenvalue weighted by Crippen LogP contribution is 2.21. The summed E-state index contributed by atoms with van der Waals surface area (Å²) in [7, 11) is 0. The Balaban J connectivity index is 1.56. The Morgan fingerprint density at radius 2 is 1.28 bits per heavy atom. The van der Waals surface area contributed by atoms with Crippen molar-refractivity contribution >= 4 is 11.8 Å². The Morgan fingerprint density at radius 1 is 0.750 bits per heavy atom. The highest BCUT2D eigenvalue weighted by molar-refractivity contribution is 5.79. The summed E-state index contributed by atoms with van der Waals surface area (Å²) in [5, 5.41) is 2.99. The van der Waals surface area contributed by atoms with Gasteiger partial charge in [-0.3, -0.25) is 9.59 Å². The van der Waals surface area contributed by atoms with Crippen molar-refractivity contribution in [2.24, 2.45) is 0 Å². The van der Waals surface area contributed by atoms with Crippen LogP contribution in [-0.4, -0.2) is 29.8 Å². The zero-order valence-corrected chi connectivity index (χ0v) is 18.7. The molecule has 4 heteroatoms. The molecule has 0 saturated carbocycles. The van der Waals surface area contributed by atoms with E-state index in [0.29, 0.717) is 32.4 Å². The molecule has 0 heterocycles. The second-order valence-corrected chi connectivity index (χ2v) is 7.99. The fraction of sp³-hybridized carbons (Fsp3) is 0.286. The van der Waals surface area contributed by atoms with E-state index >= 15 is 0 Å². The Hall–Kier alpha value is -3.40. The Labute approximate surface area is 191 Å². The van der Waals surface area contributed by atoms with Crippen LogP contribution in [0.4, 0.5) is 0 Å². The SMILES string of the molecule is CC(c1ccccc1)N(CCC(=O)NCCc1ccccc1)C(=O)CCc1ccccc1. The second kappa shape index (κ2) is 12.5. The van der Waals surface area contributed by atoms with Gasteiger partial charge in [0, 0.05) is 25.9 Å². The predicted octanol–water partition coefficient (Wildman–Crippen LogP) is 4.96. The molecule has 0 saturated heterocycles. The van der Waals surface area contributed by atoms with Gasteiger partial charge in [0.1, 0.15) is 0 Å². The number of rotatable bonds is 11. The van der Waals surface area contributed by atoms with Crippen molar-refractivity contribution in [3.63, 3.8) is 0 Å². The summed E-state index contributed by atoms with van der Waals surface area (Å²) >= 11 is 0. The summed E-state index contributed by atoms with van der Waals surface area (Å²) in [4.78, 5) is 27.4. The van der Waals surface area contributed by atoms with E-state index < -0.39 is 0 Å². The summed E-state index contributed by atoms with van der Waals surface area (Å²) in [5.74, 6) is 0.0457. The molecular weight excluding hydrogens is 396 g/mol. The van der Waals surface area contributed by atoms with Crippen LogP contribution in [0.25, 0.3) is 0 Å². The number of hydrogen-bond donors (Lipinski definition) is 1. The first-order valence-electron chi connectivity index (χ1n) is 11.3. The molecule has 0 radical (unpaired) electrons. The van der Waals surface area contributed by atoms with E-state index in [1.54, 1.807) is 0 Å². The number of aryl methyl sites for hydroxylation is 1. The summed E-state index contributed by atoms with van der Waals surface area (Å²) in [6, 6.07) is 30.0. The average molecular weight is 429 g/mol. The molecule has 0 aliphatic carbocycles. The topological polar surface area (TPSA) is 49.4 Å². The molecule has 4 nitrogen and oxygen atoms in total. The van der Waals surface area contributed by atoms with E-state index in [4.69, 9.17) is 0 Å². The van der Waals surface area contributed by atoms with Crippen molar-refractivity contribution in [2.75, 3.05) is 13.1 Å². The molecule has 1 atom stereocenters. The molecule has 0 fully saturated rings. The molecule has 3 aromatic rings. The van der Waals surface area contributed by atoms with Crippen LogP contribution in [0.3, 0.4) is 0 Å². The van der Waals surface area contributed by atoms with Gasteiger partial charge in [0.05, 0.1) is 6.04 Å². The molecule has 1 unspecified atom stereocenters. The number of hydrogen-bond acceptors (Lipinski definition) is 2. The molecule has 1 N–H and O–H groups in total. The summed E-state index contributed by atoms with van der Waals surface area (Å²) < 4.78 is 0. The number of nitrogens with zero attached hydrogens (tertiary/aromatic N) is 1. The maximum absolute atomic E-state index is 13.1. The van der Waals surface area contributed by atoms with Gasteiger partial charge in [-0.1, -0.05) is 91.0 Å². The minimum absolute atomic E-state index is 0.0259. The molecule has 0 aliphatic heterocycles. The monoisotopic (exact) mass is 428 g/mol. The molecular formula is C28H32N2O2. The van der Waals surface area contributed by atoms with Gasteiger partial charge in [-0.15, -0.1) is 0 Å². The van der Waals surface area contributed by atoms with Crippen molar-refractivity contribution in [3.05, 3.63) is 108 Å². The largest absolute Gasteiger partial charge is 0.356 e. The molecule has 32 heavy (non-hydrogen) atoms. The zero-order chi connectivity index (χ0) is 22.6. The van der Waals surface area contributed by atoms with Crippen LogP contribution in [0.5, 0.6) is 0 Å². The third-order valence-corrected chi connectivity index (χ3v) is 5.70. The number of benzene rings is 3. The number of amides is 2. The second-order valence-electron chi connectivity index (χ2n) is 7.99. The van der Waals surface area contributed by atoms with Crippen LogP contribution >= 0.6 is 0 Å². The zero-order valence-electron chi connectivity index (χ0n) is 18.7. The first kappa shape index (κ1) is 23.3. The lowest BCUT2D eigenvalue weighted by Crippen LogP contribution is -2.37. The van der Waals surface area contributed by atoms with Crippen LogP contribution in [0, 0.1) is 0 Å². The average Bonchev–Trinajstić information content (AvgIpc) is 2.84. The Kier molecular flexibility index (Phi) is 9.05. The number of nitrogens with one attached hydrogen (secondary N) is 1. The van der Waals surface area contributed by atoms with Crippen LogP contribution < -0.4 is 5.32 Å². The maximum atomic E-state index is 13.1. The fourth-order valence-electron chi connectivity index (χ4n) is 3.79. The molecule has 2 amide bonds. The minimum atomic E-state index is -0.0865. The summed E-state index contributed by atoms with van der Waals surface area (Å²) in [6.45, 7) is 3.03. The molecule has 3 aromatic carbocycles. The predicted molar refractivity (Wildman–Crippen MR) is 129 cm³/mol. The van der Waals surface area contributed by atoms with E-state index in [0.717, 1.165) is 17.5 Å². The Morgan fingerprint density at radius 3 is 1.88 bits per heavy atom. The first-order chi connectivity index (χ1) is 15.6. The van der Waals surface area contributed by atoms with E-state index in [-0.39, 0.29) is 17.9 Å². The standard InChI is InChI=1S/C28H32N2O2/c1-23(26-15-9-4-10-16-26)30(28(32)18-17-24-11-5-2-6-12-24)22-20-27(31)29-21-19-25-13-7-3-8-14-25/h2-16,23H,17-22H2,1H3,(H,29,31). The van der Waals surface area contributed by atoms with Crippen molar-refractivity contribution in [2.45, 2.75) is 38.6 Å². The lowest BCUT2D eigenvalue weighted by atomic mass is 10.0. The van der Waals surface area contributed by atoms with Gasteiger partial charge in [0.25, 0.3) is 0 Å². The molecule has 166 valence electrons. The van der Waals surface area contributed by atoms with Gasteiger partial charge >= 0.3 is 0 Å². The van der Waals surface area contributed by atoms with Crippen LogP contribution in [-0.2, 0) is 22.4 Å². The van der Waals surface area contributed by atoms with Gasteiger partial charge in [0.15, 0.2) is 0 Å². The van der Waals surface area contributed by atoms with E-state index in [1.165, 1.54) is 5.56 Å². The minimum Gasteiger partial charge on any atom is -0.356 e. The lowest BCUT2D eigenvalue weighted by molar-refractivity contribution is -0.134. The number of carbonyl (C=O) groups is 2. The van der Waals surface area contributed by atoms with Crippen molar-refractivity contribution in [1.29, 1.82) is 0 Å². The summed E-state index contributed by atoms with van der Waals surface area (Å²) in [5.41, 5.74) is 3.42. The number of carbonyl (C=O) groups excluding carboxylic acids is 2. The van der Waals surface area contributed by atoms with Crippen molar-refractivity contribution in [3.8, 4) is 0 Å². The van der Waals surface area contributed by atoms with E-state index in [9.17, 15) is 9.59 Å². The van der Waals surface area contributed by atoms with Crippen LogP contribution in [0.2, 0.25) is 0 Å². The van der Waals surface area contributed by atoms with Crippen LogP contribution in [0.15, 0.2) is 91.0 Å². The first-order valence-corrected chi connectivity index (χ1v) is 11.3. The smallest absolute Gasteiger partial charge is 0.223 e. The summed E-state index contributed by atoms with van der Waals surface area (Å²) in [6.07, 6.45) is 2.22. The van der Waals surface area contributed by atoms with Crippen molar-refractivity contribution < 1.29 is 9.59 Å². The third kappa shape index (κ3) is 7.38.